The SMILES string of the molecule is CSc1ncc(CNC(=O)Cc2cc(C)no2)n1C. The first-order valence-corrected chi connectivity index (χ1v) is 7.06. The highest BCUT2D eigenvalue weighted by molar-refractivity contribution is 7.98. The number of nitrogens with one attached hydrogen (secondary N) is 1. The molecule has 2 aromatic rings. The molecular formula is C12H16N4O2S. The Morgan fingerprint density at radius 2 is 2.37 bits per heavy atom. The van der Waals surface area contributed by atoms with Crippen LogP contribution in [0.5, 0.6) is 0 Å². The Labute approximate surface area is 115 Å². The third-order valence-electron chi connectivity index (χ3n) is 2.70. The Bertz CT molecular complexity index is 576. The van der Waals surface area contributed by atoms with Gasteiger partial charge < -0.3 is 14.4 Å². The minimum absolute atomic E-state index is 0.0944. The molecule has 0 aliphatic rings. The number of carbonyl (C=O) groups excluding carboxylic acids is 1. The van der Waals surface area contributed by atoms with Crippen molar-refractivity contribution < 1.29 is 9.32 Å². The second-order valence-corrected chi connectivity index (χ2v) is 4.96. The maximum Gasteiger partial charge on any atom is 0.228 e. The lowest BCUT2D eigenvalue weighted by molar-refractivity contribution is -0.120. The van der Waals surface area contributed by atoms with E-state index < -0.39 is 0 Å². The van der Waals surface area contributed by atoms with Gasteiger partial charge in [0, 0.05) is 13.1 Å². The zero-order chi connectivity index (χ0) is 13.8. The van der Waals surface area contributed by atoms with Crippen molar-refractivity contribution in [2.24, 2.45) is 7.05 Å². The first-order valence-electron chi connectivity index (χ1n) is 5.83. The molecule has 0 aliphatic carbocycles. The largest absolute Gasteiger partial charge is 0.361 e. The van der Waals surface area contributed by atoms with Gasteiger partial charge in [-0.2, -0.15) is 0 Å². The lowest BCUT2D eigenvalue weighted by atomic mass is 10.3. The summed E-state index contributed by atoms with van der Waals surface area (Å²) in [4.78, 5) is 16.0. The molecule has 2 heterocycles. The summed E-state index contributed by atoms with van der Waals surface area (Å²) in [6.45, 7) is 2.28. The van der Waals surface area contributed by atoms with Gasteiger partial charge in [-0.05, 0) is 13.2 Å². The lowest BCUT2D eigenvalue weighted by Gasteiger charge is -2.05. The third kappa shape index (κ3) is 3.37. The van der Waals surface area contributed by atoms with Crippen molar-refractivity contribution in [1.82, 2.24) is 20.0 Å². The van der Waals surface area contributed by atoms with Gasteiger partial charge in [0.25, 0.3) is 0 Å². The molecule has 0 unspecified atom stereocenters. The van der Waals surface area contributed by atoms with Crippen LogP contribution in [0.4, 0.5) is 0 Å². The molecule has 2 aromatic heterocycles. The fraction of sp³-hybridized carbons (Fsp3) is 0.417. The minimum atomic E-state index is -0.0944. The first kappa shape index (κ1) is 13.7. The molecule has 0 fully saturated rings. The van der Waals surface area contributed by atoms with E-state index in [0.29, 0.717) is 12.3 Å². The number of rotatable bonds is 5. The van der Waals surface area contributed by atoms with Crippen molar-refractivity contribution in [2.45, 2.75) is 25.0 Å². The van der Waals surface area contributed by atoms with Crippen LogP contribution in [0.15, 0.2) is 21.9 Å². The smallest absolute Gasteiger partial charge is 0.228 e. The van der Waals surface area contributed by atoms with Gasteiger partial charge in [-0.1, -0.05) is 16.9 Å². The van der Waals surface area contributed by atoms with Crippen molar-refractivity contribution in [3.05, 3.63) is 29.4 Å². The maximum atomic E-state index is 11.7. The van der Waals surface area contributed by atoms with Gasteiger partial charge in [0.15, 0.2) is 5.16 Å². The molecule has 1 N–H and O–H groups in total. The highest BCUT2D eigenvalue weighted by Gasteiger charge is 2.10. The van der Waals surface area contributed by atoms with Crippen LogP contribution in [0.25, 0.3) is 0 Å². The van der Waals surface area contributed by atoms with Crippen LogP contribution in [-0.2, 0) is 24.8 Å². The lowest BCUT2D eigenvalue weighted by Crippen LogP contribution is -2.25. The second-order valence-electron chi connectivity index (χ2n) is 4.18. The Morgan fingerprint density at radius 3 is 2.95 bits per heavy atom. The van der Waals surface area contributed by atoms with E-state index in [1.807, 2.05) is 24.8 Å². The predicted molar refractivity (Wildman–Crippen MR) is 71.8 cm³/mol. The van der Waals surface area contributed by atoms with Crippen LogP contribution < -0.4 is 5.32 Å². The van der Waals surface area contributed by atoms with Gasteiger partial charge in [-0.15, -0.1) is 0 Å². The molecule has 19 heavy (non-hydrogen) atoms. The van der Waals surface area contributed by atoms with Gasteiger partial charge >= 0.3 is 0 Å². The summed E-state index contributed by atoms with van der Waals surface area (Å²) < 4.78 is 6.96. The Kier molecular flexibility index (Phi) is 4.26. The van der Waals surface area contributed by atoms with E-state index >= 15 is 0 Å². The van der Waals surface area contributed by atoms with Crippen LogP contribution in [0.1, 0.15) is 17.1 Å². The van der Waals surface area contributed by atoms with Crippen molar-refractivity contribution in [3.63, 3.8) is 0 Å². The molecule has 0 aliphatic heterocycles. The number of thioether (sulfide) groups is 1. The van der Waals surface area contributed by atoms with E-state index in [0.717, 1.165) is 16.5 Å². The second kappa shape index (κ2) is 5.92. The van der Waals surface area contributed by atoms with E-state index in [2.05, 4.69) is 15.5 Å². The van der Waals surface area contributed by atoms with E-state index in [9.17, 15) is 4.79 Å². The van der Waals surface area contributed by atoms with Gasteiger partial charge in [0.1, 0.15) is 5.76 Å². The van der Waals surface area contributed by atoms with Gasteiger partial charge in [0.2, 0.25) is 5.91 Å². The molecule has 2 rings (SSSR count). The van der Waals surface area contributed by atoms with Crippen LogP contribution in [0.3, 0.4) is 0 Å². The number of carbonyl (C=O) groups is 1. The molecule has 0 spiro atoms. The monoisotopic (exact) mass is 280 g/mol. The van der Waals surface area contributed by atoms with Gasteiger partial charge in [-0.3, -0.25) is 4.79 Å². The number of aromatic nitrogens is 3. The standard InChI is InChI=1S/C12H16N4O2S/c1-8-4-10(18-15-8)5-11(17)13-6-9-7-14-12(19-3)16(9)2/h4,7H,5-6H2,1-3H3,(H,13,17). The normalized spacial score (nSPS) is 10.7. The molecule has 0 aromatic carbocycles. The molecule has 0 atom stereocenters. The number of imidazole rings is 1. The molecule has 102 valence electrons. The molecule has 0 radical (unpaired) electrons. The minimum Gasteiger partial charge on any atom is -0.361 e. The highest BCUT2D eigenvalue weighted by atomic mass is 32.2. The number of hydrogen-bond acceptors (Lipinski definition) is 5. The van der Waals surface area contributed by atoms with Crippen molar-refractivity contribution in [2.75, 3.05) is 6.26 Å². The van der Waals surface area contributed by atoms with E-state index in [-0.39, 0.29) is 12.3 Å². The van der Waals surface area contributed by atoms with Crippen molar-refractivity contribution >= 4 is 17.7 Å². The third-order valence-corrected chi connectivity index (χ3v) is 3.45. The van der Waals surface area contributed by atoms with Crippen molar-refractivity contribution in [1.29, 1.82) is 0 Å². The van der Waals surface area contributed by atoms with E-state index in [4.69, 9.17) is 4.52 Å². The zero-order valence-corrected chi connectivity index (χ0v) is 12.0. The number of amides is 1. The van der Waals surface area contributed by atoms with Crippen molar-refractivity contribution in [3.8, 4) is 0 Å². The van der Waals surface area contributed by atoms with Crippen LogP contribution in [0, 0.1) is 6.92 Å². The molecule has 1 amide bonds. The summed E-state index contributed by atoms with van der Waals surface area (Å²) in [7, 11) is 1.93. The zero-order valence-electron chi connectivity index (χ0n) is 11.1. The summed E-state index contributed by atoms with van der Waals surface area (Å²) >= 11 is 1.57. The average Bonchev–Trinajstić information content (AvgIpc) is 2.93. The molecule has 7 heteroatoms. The van der Waals surface area contributed by atoms with E-state index in [1.165, 1.54) is 0 Å². The van der Waals surface area contributed by atoms with Gasteiger partial charge in [-0.25, -0.2) is 4.98 Å². The Hall–Kier alpha value is -1.76. The molecular weight excluding hydrogens is 264 g/mol. The predicted octanol–water partition coefficient (Wildman–Crippen LogP) is 1.30. The fourth-order valence-corrected chi connectivity index (χ4v) is 2.24. The Balaban J connectivity index is 1.88. The summed E-state index contributed by atoms with van der Waals surface area (Å²) in [5.74, 6) is 0.480. The topological polar surface area (TPSA) is 73.0 Å². The van der Waals surface area contributed by atoms with Crippen LogP contribution in [0.2, 0.25) is 0 Å². The van der Waals surface area contributed by atoms with Gasteiger partial charge in [0.05, 0.1) is 30.6 Å². The summed E-state index contributed by atoms with van der Waals surface area (Å²) in [5.41, 5.74) is 1.74. The summed E-state index contributed by atoms with van der Waals surface area (Å²) in [6, 6.07) is 1.76. The van der Waals surface area contributed by atoms with Crippen LogP contribution in [-0.4, -0.2) is 26.9 Å². The Morgan fingerprint density at radius 1 is 1.58 bits per heavy atom. The maximum absolute atomic E-state index is 11.7. The average molecular weight is 280 g/mol. The molecule has 0 bridgehead atoms. The summed E-state index contributed by atoms with van der Waals surface area (Å²) in [5, 5.41) is 7.51. The quantitative estimate of drug-likeness (QED) is 0.836. The number of nitrogens with zero attached hydrogens (tertiary/aromatic N) is 3. The molecule has 6 nitrogen and oxygen atoms in total. The summed E-state index contributed by atoms with van der Waals surface area (Å²) in [6.07, 6.45) is 3.94. The van der Waals surface area contributed by atoms with E-state index in [1.54, 1.807) is 24.0 Å². The van der Waals surface area contributed by atoms with Crippen LogP contribution >= 0.6 is 11.8 Å². The number of aryl methyl sites for hydroxylation is 1. The highest BCUT2D eigenvalue weighted by Crippen LogP contribution is 2.13. The molecule has 0 saturated carbocycles. The number of hydrogen-bond donors (Lipinski definition) is 1. The first-order chi connectivity index (χ1) is 9.10. The fourth-order valence-electron chi connectivity index (χ4n) is 1.69. The molecule has 0 saturated heterocycles.